The van der Waals surface area contributed by atoms with Gasteiger partial charge in [-0.2, -0.15) is 0 Å². The number of rotatable bonds is 3. The van der Waals surface area contributed by atoms with Crippen LogP contribution in [0, 0.1) is 0 Å². The van der Waals surface area contributed by atoms with Crippen LogP contribution >= 0.6 is 43.2 Å². The Labute approximate surface area is 120 Å². The summed E-state index contributed by atoms with van der Waals surface area (Å²) in [5, 5.41) is 1.88. The monoisotopic (exact) mass is 374 g/mol. The van der Waals surface area contributed by atoms with Gasteiger partial charge < -0.3 is 4.74 Å². The molecular formula is C12H8Br2O2S. The third-order valence-corrected chi connectivity index (χ3v) is 4.69. The lowest BCUT2D eigenvalue weighted by Gasteiger charge is -2.05. The van der Waals surface area contributed by atoms with E-state index < -0.39 is 0 Å². The quantitative estimate of drug-likeness (QED) is 0.737. The van der Waals surface area contributed by atoms with Crippen LogP contribution in [0.4, 0.5) is 0 Å². The summed E-state index contributed by atoms with van der Waals surface area (Å²) in [5.74, 6) is 0.724. The van der Waals surface area contributed by atoms with Crippen molar-refractivity contribution in [3.8, 4) is 5.75 Å². The molecule has 88 valence electrons. The summed E-state index contributed by atoms with van der Waals surface area (Å²) in [6.45, 7) is 0. The zero-order valence-electron chi connectivity index (χ0n) is 8.87. The minimum absolute atomic E-state index is 0.00947. The maximum atomic E-state index is 12.2. The Bertz CT molecular complexity index is 563. The standard InChI is InChI=1S/C12H8Br2O2S/c1-16-10-3-2-7(6-9(10)14)11(15)12-8(13)4-5-17-12/h2-6H,1H3. The summed E-state index contributed by atoms with van der Waals surface area (Å²) >= 11 is 8.16. The van der Waals surface area contributed by atoms with Gasteiger partial charge in [0.25, 0.3) is 0 Å². The minimum atomic E-state index is 0.00947. The highest BCUT2D eigenvalue weighted by molar-refractivity contribution is 9.11. The lowest BCUT2D eigenvalue weighted by Crippen LogP contribution is -1.99. The summed E-state index contributed by atoms with van der Waals surface area (Å²) in [7, 11) is 1.59. The molecule has 1 aromatic carbocycles. The smallest absolute Gasteiger partial charge is 0.204 e. The van der Waals surface area contributed by atoms with E-state index in [1.807, 2.05) is 11.4 Å². The van der Waals surface area contributed by atoms with Gasteiger partial charge in [0.2, 0.25) is 5.78 Å². The first-order valence-corrected chi connectivity index (χ1v) is 7.21. The molecule has 5 heteroatoms. The van der Waals surface area contributed by atoms with Crippen molar-refractivity contribution >= 4 is 49.0 Å². The molecule has 0 N–H and O–H groups in total. The molecule has 1 heterocycles. The molecule has 0 radical (unpaired) electrons. The summed E-state index contributed by atoms with van der Waals surface area (Å²) in [5.41, 5.74) is 0.640. The maximum absolute atomic E-state index is 12.2. The highest BCUT2D eigenvalue weighted by Gasteiger charge is 2.15. The molecule has 0 atom stereocenters. The maximum Gasteiger partial charge on any atom is 0.204 e. The van der Waals surface area contributed by atoms with E-state index in [-0.39, 0.29) is 5.78 Å². The average Bonchev–Trinajstić information content (AvgIpc) is 2.74. The second-order valence-electron chi connectivity index (χ2n) is 3.28. The fourth-order valence-corrected chi connectivity index (χ4v) is 3.45. The van der Waals surface area contributed by atoms with Crippen LogP contribution in [0.3, 0.4) is 0 Å². The summed E-state index contributed by atoms with van der Waals surface area (Å²) in [6, 6.07) is 7.18. The highest BCUT2D eigenvalue weighted by atomic mass is 79.9. The molecule has 0 unspecified atom stereocenters. The third-order valence-electron chi connectivity index (χ3n) is 2.24. The minimum Gasteiger partial charge on any atom is -0.496 e. The van der Waals surface area contributed by atoms with Gasteiger partial charge in [0, 0.05) is 10.0 Å². The van der Waals surface area contributed by atoms with E-state index in [1.54, 1.807) is 25.3 Å². The molecule has 0 saturated heterocycles. The Kier molecular flexibility index (Phi) is 4.01. The van der Waals surface area contributed by atoms with Gasteiger partial charge in [0.1, 0.15) is 5.75 Å². The van der Waals surface area contributed by atoms with Crippen molar-refractivity contribution < 1.29 is 9.53 Å². The Morgan fingerprint density at radius 3 is 2.53 bits per heavy atom. The van der Waals surface area contributed by atoms with E-state index in [2.05, 4.69) is 31.9 Å². The van der Waals surface area contributed by atoms with E-state index in [0.717, 1.165) is 8.95 Å². The number of carbonyl (C=O) groups is 1. The van der Waals surface area contributed by atoms with Crippen LogP contribution in [0.15, 0.2) is 38.6 Å². The molecule has 0 aliphatic rings. The largest absolute Gasteiger partial charge is 0.496 e. The van der Waals surface area contributed by atoms with Gasteiger partial charge in [-0.1, -0.05) is 0 Å². The van der Waals surface area contributed by atoms with Crippen molar-refractivity contribution in [2.45, 2.75) is 0 Å². The molecule has 0 saturated carbocycles. The molecule has 0 aliphatic carbocycles. The molecule has 17 heavy (non-hydrogen) atoms. The Morgan fingerprint density at radius 1 is 1.24 bits per heavy atom. The molecule has 0 amide bonds. The molecule has 1 aromatic heterocycles. The molecule has 0 spiro atoms. The first-order valence-electron chi connectivity index (χ1n) is 4.74. The number of ketones is 1. The molecular weight excluding hydrogens is 368 g/mol. The van der Waals surface area contributed by atoms with Crippen LogP contribution in [0.25, 0.3) is 0 Å². The van der Waals surface area contributed by atoms with E-state index in [4.69, 9.17) is 4.74 Å². The van der Waals surface area contributed by atoms with Crippen molar-refractivity contribution in [1.82, 2.24) is 0 Å². The van der Waals surface area contributed by atoms with E-state index in [9.17, 15) is 4.79 Å². The van der Waals surface area contributed by atoms with Crippen molar-refractivity contribution in [2.75, 3.05) is 7.11 Å². The molecule has 0 aliphatic heterocycles. The van der Waals surface area contributed by atoms with Crippen LogP contribution in [0.2, 0.25) is 0 Å². The van der Waals surface area contributed by atoms with Gasteiger partial charge in [0.15, 0.2) is 0 Å². The van der Waals surface area contributed by atoms with Crippen LogP contribution in [0.5, 0.6) is 5.75 Å². The first-order chi connectivity index (χ1) is 8.13. The lowest BCUT2D eigenvalue weighted by molar-refractivity contribution is 0.104. The van der Waals surface area contributed by atoms with Crippen molar-refractivity contribution in [3.05, 3.63) is 49.0 Å². The van der Waals surface area contributed by atoms with Crippen molar-refractivity contribution in [2.24, 2.45) is 0 Å². The number of hydrogen-bond acceptors (Lipinski definition) is 3. The van der Waals surface area contributed by atoms with Crippen LogP contribution in [-0.2, 0) is 0 Å². The molecule has 2 rings (SSSR count). The SMILES string of the molecule is COc1ccc(C(=O)c2sccc2Br)cc1Br. The van der Waals surface area contributed by atoms with Gasteiger partial charge in [-0.3, -0.25) is 4.79 Å². The zero-order chi connectivity index (χ0) is 12.4. The fourth-order valence-electron chi connectivity index (χ4n) is 1.39. The van der Waals surface area contributed by atoms with Crippen LogP contribution < -0.4 is 4.74 Å². The zero-order valence-corrected chi connectivity index (χ0v) is 12.9. The van der Waals surface area contributed by atoms with Gasteiger partial charge in [-0.25, -0.2) is 0 Å². The van der Waals surface area contributed by atoms with Crippen LogP contribution in [-0.4, -0.2) is 12.9 Å². The van der Waals surface area contributed by atoms with Crippen molar-refractivity contribution in [1.29, 1.82) is 0 Å². The van der Waals surface area contributed by atoms with Crippen molar-refractivity contribution in [3.63, 3.8) is 0 Å². The van der Waals surface area contributed by atoms with Gasteiger partial charge in [-0.15, -0.1) is 11.3 Å². The number of carbonyl (C=O) groups excluding carboxylic acids is 1. The first kappa shape index (κ1) is 12.8. The number of methoxy groups -OCH3 is 1. The number of halogens is 2. The summed E-state index contributed by atoms with van der Waals surface area (Å²) < 4.78 is 6.74. The number of thiophene rings is 1. The molecule has 2 nitrogen and oxygen atoms in total. The Hall–Kier alpha value is -0.650. The normalized spacial score (nSPS) is 10.3. The predicted molar refractivity (Wildman–Crippen MR) is 76.1 cm³/mol. The van der Waals surface area contributed by atoms with Gasteiger partial charge in [-0.05, 0) is 61.5 Å². The molecule has 0 fully saturated rings. The predicted octanol–water partition coefficient (Wildman–Crippen LogP) is 4.51. The second kappa shape index (κ2) is 5.33. The number of benzene rings is 1. The van der Waals surface area contributed by atoms with E-state index >= 15 is 0 Å². The Morgan fingerprint density at radius 2 is 2.00 bits per heavy atom. The average molecular weight is 376 g/mol. The van der Waals surface area contributed by atoms with E-state index in [0.29, 0.717) is 16.2 Å². The topological polar surface area (TPSA) is 26.3 Å². The second-order valence-corrected chi connectivity index (χ2v) is 5.90. The molecule has 0 bridgehead atoms. The fraction of sp³-hybridized carbons (Fsp3) is 0.0833. The molecule has 2 aromatic rings. The van der Waals surface area contributed by atoms with Crippen LogP contribution in [0.1, 0.15) is 15.2 Å². The lowest BCUT2D eigenvalue weighted by atomic mass is 10.1. The number of hydrogen-bond donors (Lipinski definition) is 0. The summed E-state index contributed by atoms with van der Waals surface area (Å²) in [4.78, 5) is 12.9. The highest BCUT2D eigenvalue weighted by Crippen LogP contribution is 2.29. The third kappa shape index (κ3) is 2.61. The van der Waals surface area contributed by atoms with E-state index in [1.165, 1.54) is 11.3 Å². The summed E-state index contributed by atoms with van der Waals surface area (Å²) in [6.07, 6.45) is 0. The number of ether oxygens (including phenoxy) is 1. The van der Waals surface area contributed by atoms with Gasteiger partial charge in [0.05, 0.1) is 16.5 Å². The van der Waals surface area contributed by atoms with Gasteiger partial charge >= 0.3 is 0 Å². The Balaban J connectivity index is 2.39.